The fourth-order valence-electron chi connectivity index (χ4n) is 7.03. The molecule has 0 bridgehead atoms. The van der Waals surface area contributed by atoms with Crippen LogP contribution in [0.15, 0.2) is 54.9 Å². The Labute approximate surface area is 212 Å². The fourth-order valence-corrected chi connectivity index (χ4v) is 7.03. The lowest BCUT2D eigenvalue weighted by atomic mass is 9.52. The largest absolute Gasteiger partial charge is 0.461 e. The predicted molar refractivity (Wildman–Crippen MR) is 126 cm³/mol. The molecule has 1 aromatic heterocycles. The van der Waals surface area contributed by atoms with Gasteiger partial charge in [-0.15, -0.1) is 0 Å². The molecule has 1 aliphatic carbocycles. The number of amides is 1. The number of carbonyl (C=O) groups is 4. The Morgan fingerprint density at radius 2 is 1.76 bits per heavy atom. The molecule has 0 radical (unpaired) electrons. The van der Waals surface area contributed by atoms with Crippen molar-refractivity contribution in [1.29, 1.82) is 0 Å². The number of aliphatic hydroxyl groups is 1. The average Bonchev–Trinajstić information content (AvgIpc) is 3.47. The number of esters is 3. The summed E-state index contributed by atoms with van der Waals surface area (Å²) in [5.41, 5.74) is -5.79. The van der Waals surface area contributed by atoms with Gasteiger partial charge in [0.05, 0.1) is 23.3 Å². The maximum Gasteiger partial charge on any atom is 0.338 e. The Kier molecular flexibility index (Phi) is 4.71. The van der Waals surface area contributed by atoms with Crippen molar-refractivity contribution in [3.8, 4) is 0 Å². The van der Waals surface area contributed by atoms with Crippen molar-refractivity contribution >= 4 is 29.5 Å². The van der Waals surface area contributed by atoms with E-state index in [1.165, 1.54) is 17.3 Å². The molecule has 6 rings (SSSR count). The molecule has 2 spiro atoms. The van der Waals surface area contributed by atoms with Crippen LogP contribution < -0.4 is 4.90 Å². The van der Waals surface area contributed by atoms with Gasteiger partial charge in [0.25, 0.3) is 5.91 Å². The summed E-state index contributed by atoms with van der Waals surface area (Å²) in [6.07, 6.45) is -1.63. The van der Waals surface area contributed by atoms with E-state index in [1.54, 1.807) is 63.2 Å². The zero-order valence-electron chi connectivity index (χ0n) is 20.5. The molecular formula is C27H26N2O8. The Morgan fingerprint density at radius 1 is 1.08 bits per heavy atom. The maximum atomic E-state index is 14.2. The lowest BCUT2D eigenvalue weighted by Crippen LogP contribution is -2.66. The van der Waals surface area contributed by atoms with Crippen LogP contribution in [0.3, 0.4) is 0 Å². The van der Waals surface area contributed by atoms with Gasteiger partial charge in [-0.1, -0.05) is 39.0 Å². The first-order valence-electron chi connectivity index (χ1n) is 12.1. The minimum Gasteiger partial charge on any atom is -0.461 e. The third-order valence-corrected chi connectivity index (χ3v) is 8.65. The summed E-state index contributed by atoms with van der Waals surface area (Å²) in [6.45, 7) is 5.31. The average molecular weight is 507 g/mol. The van der Waals surface area contributed by atoms with E-state index in [1.807, 2.05) is 0 Å². The highest BCUT2D eigenvalue weighted by Gasteiger charge is 2.93. The molecule has 6 atom stereocenters. The third-order valence-electron chi connectivity index (χ3n) is 8.65. The van der Waals surface area contributed by atoms with Crippen molar-refractivity contribution in [3.63, 3.8) is 0 Å². The number of nitrogens with zero attached hydrogens (tertiary/aromatic N) is 2. The van der Waals surface area contributed by atoms with Crippen LogP contribution >= 0.6 is 0 Å². The Bertz CT molecular complexity index is 1320. The van der Waals surface area contributed by atoms with Gasteiger partial charge in [0.15, 0.2) is 12.3 Å². The van der Waals surface area contributed by atoms with Gasteiger partial charge in [0, 0.05) is 18.8 Å². The second kappa shape index (κ2) is 7.38. The summed E-state index contributed by atoms with van der Waals surface area (Å²) >= 11 is 0. The Balaban J connectivity index is 1.62. The second-order valence-corrected chi connectivity index (χ2v) is 11.1. The summed E-state index contributed by atoms with van der Waals surface area (Å²) in [5, 5.41) is 12.6. The highest BCUT2D eigenvalue weighted by molar-refractivity contribution is 6.07. The van der Waals surface area contributed by atoms with E-state index in [9.17, 15) is 24.3 Å². The molecule has 4 aliphatic rings. The molecule has 10 nitrogen and oxygen atoms in total. The van der Waals surface area contributed by atoms with Crippen molar-refractivity contribution in [1.82, 2.24) is 4.98 Å². The minimum atomic E-state index is -1.84. The van der Waals surface area contributed by atoms with E-state index < -0.39 is 70.5 Å². The maximum absolute atomic E-state index is 14.2. The summed E-state index contributed by atoms with van der Waals surface area (Å²) in [6, 6.07) is 11.2. The number of carbonyl (C=O) groups excluding carboxylic acids is 4. The smallest absolute Gasteiger partial charge is 0.338 e. The van der Waals surface area contributed by atoms with E-state index >= 15 is 0 Å². The Hall–Kier alpha value is -3.79. The number of anilines is 1. The first-order valence-corrected chi connectivity index (χ1v) is 12.1. The molecule has 1 saturated carbocycles. The molecule has 0 unspecified atom stereocenters. The number of benzene rings is 1. The first kappa shape index (κ1) is 23.6. The van der Waals surface area contributed by atoms with E-state index in [0.717, 1.165) is 0 Å². The van der Waals surface area contributed by atoms with Crippen molar-refractivity contribution in [2.75, 3.05) is 4.90 Å². The van der Waals surface area contributed by atoms with Gasteiger partial charge in [-0.3, -0.25) is 24.3 Å². The molecule has 2 aromatic rings. The number of aromatic nitrogens is 1. The summed E-state index contributed by atoms with van der Waals surface area (Å²) < 4.78 is 17.4. The normalized spacial score (nSPS) is 36.1. The van der Waals surface area contributed by atoms with Gasteiger partial charge >= 0.3 is 17.9 Å². The topological polar surface area (TPSA) is 132 Å². The quantitative estimate of drug-likeness (QED) is 0.490. The van der Waals surface area contributed by atoms with E-state index in [4.69, 9.17) is 14.2 Å². The summed E-state index contributed by atoms with van der Waals surface area (Å²) in [4.78, 5) is 59.2. The molecule has 3 saturated heterocycles. The number of hydrogen-bond acceptors (Lipinski definition) is 9. The highest BCUT2D eigenvalue weighted by atomic mass is 16.6. The molecule has 4 heterocycles. The lowest BCUT2D eigenvalue weighted by Gasteiger charge is -2.51. The summed E-state index contributed by atoms with van der Waals surface area (Å²) in [7, 11) is 0. The Morgan fingerprint density at radius 3 is 2.41 bits per heavy atom. The molecule has 37 heavy (non-hydrogen) atoms. The molecule has 1 amide bonds. The van der Waals surface area contributed by atoms with Gasteiger partial charge in [-0.2, -0.15) is 0 Å². The standard InChI is InChI=1S/C27H26N2O8/c1-24(2,3)26(34)13-17-25(14-18(30)35-17)23(33)37-22-27(25,26)19(36-21(32)15-7-5-4-6-8-15)20(31)29(22)16-9-11-28-12-10-16/h4-12,17,19,22,34H,13-14H2,1-3H3/t17-,19-,22-,25-,26+,27+/m0/s1. The zero-order chi connectivity index (χ0) is 26.4. The van der Waals surface area contributed by atoms with Crippen LogP contribution in [0.25, 0.3) is 0 Å². The van der Waals surface area contributed by atoms with Gasteiger partial charge in [-0.05, 0) is 29.7 Å². The van der Waals surface area contributed by atoms with Gasteiger partial charge < -0.3 is 19.3 Å². The van der Waals surface area contributed by atoms with Crippen molar-refractivity contribution < 1.29 is 38.5 Å². The zero-order valence-corrected chi connectivity index (χ0v) is 20.5. The van der Waals surface area contributed by atoms with Crippen LogP contribution in [0.5, 0.6) is 0 Å². The van der Waals surface area contributed by atoms with E-state index in [0.29, 0.717) is 5.69 Å². The lowest BCUT2D eigenvalue weighted by molar-refractivity contribution is -0.204. The third kappa shape index (κ3) is 2.66. The fraction of sp³-hybridized carbons (Fsp3) is 0.444. The van der Waals surface area contributed by atoms with Crippen molar-refractivity contribution in [2.24, 2.45) is 16.2 Å². The molecule has 3 aliphatic heterocycles. The van der Waals surface area contributed by atoms with Crippen LogP contribution in [0.2, 0.25) is 0 Å². The van der Waals surface area contributed by atoms with E-state index in [-0.39, 0.29) is 12.0 Å². The molecule has 1 aromatic carbocycles. The molecule has 192 valence electrons. The highest BCUT2D eigenvalue weighted by Crippen LogP contribution is 2.76. The second-order valence-electron chi connectivity index (χ2n) is 11.1. The number of pyridine rings is 1. The molecule has 4 fully saturated rings. The number of hydrogen-bond donors (Lipinski definition) is 1. The van der Waals surface area contributed by atoms with Gasteiger partial charge in [0.1, 0.15) is 16.9 Å². The molecular weight excluding hydrogens is 480 g/mol. The van der Waals surface area contributed by atoms with Crippen LogP contribution in [0.4, 0.5) is 5.69 Å². The number of ether oxygens (including phenoxy) is 3. The van der Waals surface area contributed by atoms with E-state index in [2.05, 4.69) is 4.98 Å². The number of rotatable bonds is 3. The SMILES string of the molecule is CC(C)(C)[C@]1(O)C[C@@H]2OC(=O)C[C@@]23C(=O)O[C@@H]2N(c4ccncc4)C(=O)[C@H](OC(=O)c4ccccc4)[C@]213. The minimum absolute atomic E-state index is 0.120. The van der Waals surface area contributed by atoms with Crippen molar-refractivity contribution in [3.05, 3.63) is 60.4 Å². The van der Waals surface area contributed by atoms with Crippen LogP contribution in [0.1, 0.15) is 44.0 Å². The molecule has 10 heteroatoms. The van der Waals surface area contributed by atoms with Crippen molar-refractivity contribution in [2.45, 2.75) is 57.6 Å². The van der Waals surface area contributed by atoms with Crippen LogP contribution in [-0.4, -0.2) is 57.9 Å². The monoisotopic (exact) mass is 506 g/mol. The van der Waals surface area contributed by atoms with Gasteiger partial charge in [-0.25, -0.2) is 4.79 Å². The molecule has 1 N–H and O–H groups in total. The van der Waals surface area contributed by atoms with Crippen LogP contribution in [-0.2, 0) is 28.6 Å². The van der Waals surface area contributed by atoms with Crippen LogP contribution in [0, 0.1) is 16.2 Å². The predicted octanol–water partition coefficient (Wildman–Crippen LogP) is 2.01. The first-order chi connectivity index (χ1) is 17.5. The van der Waals surface area contributed by atoms with Gasteiger partial charge in [0.2, 0.25) is 0 Å². The summed E-state index contributed by atoms with van der Waals surface area (Å²) in [5.74, 6) is -2.88.